The summed E-state index contributed by atoms with van der Waals surface area (Å²) in [4.78, 5) is 19.0. The molecule has 2 amide bonds. The molecule has 2 fully saturated rings. The van der Waals surface area contributed by atoms with Gasteiger partial charge < -0.3 is 15.4 Å². The molecule has 6 nitrogen and oxygen atoms in total. The van der Waals surface area contributed by atoms with Gasteiger partial charge in [0.25, 0.3) is 0 Å². The third kappa shape index (κ3) is 5.94. The van der Waals surface area contributed by atoms with E-state index in [1.807, 2.05) is 0 Å². The minimum Gasteiger partial charge on any atom is -0.376 e. The smallest absolute Gasteiger partial charge is 0.314 e. The normalized spacial score (nSPS) is 22.2. The molecule has 2 aliphatic heterocycles. The van der Waals surface area contributed by atoms with E-state index in [-0.39, 0.29) is 12.1 Å². The number of carbonyl (C=O) groups excluding carboxylic acids is 1. The summed E-state index contributed by atoms with van der Waals surface area (Å²) in [6, 6.07) is -0.0625. The van der Waals surface area contributed by atoms with E-state index in [0.717, 1.165) is 64.9 Å². The number of rotatable bonds is 7. The van der Waals surface area contributed by atoms with Crippen LogP contribution in [0.15, 0.2) is 5.38 Å². The minimum absolute atomic E-state index is 0.0625. The summed E-state index contributed by atoms with van der Waals surface area (Å²) in [7, 11) is 0. The van der Waals surface area contributed by atoms with E-state index in [1.54, 1.807) is 11.3 Å². The number of likely N-dealkylation sites (tertiary alicyclic amines) is 1. The van der Waals surface area contributed by atoms with Gasteiger partial charge in [0.2, 0.25) is 0 Å². The first-order chi connectivity index (χ1) is 12.2. The van der Waals surface area contributed by atoms with E-state index >= 15 is 0 Å². The largest absolute Gasteiger partial charge is 0.376 e. The number of hydrogen-bond acceptors (Lipinski definition) is 5. The van der Waals surface area contributed by atoms with Crippen LogP contribution >= 0.6 is 11.3 Å². The van der Waals surface area contributed by atoms with Crippen LogP contribution in [-0.2, 0) is 17.7 Å². The molecule has 2 aliphatic rings. The van der Waals surface area contributed by atoms with Crippen LogP contribution in [0.2, 0.25) is 0 Å². The van der Waals surface area contributed by atoms with Crippen LogP contribution in [0.25, 0.3) is 0 Å². The number of urea groups is 1. The summed E-state index contributed by atoms with van der Waals surface area (Å²) in [5.74, 6) is 0.575. The Labute approximate surface area is 154 Å². The van der Waals surface area contributed by atoms with Crippen LogP contribution in [0.4, 0.5) is 4.79 Å². The fourth-order valence-electron chi connectivity index (χ4n) is 3.47. The average molecular weight is 367 g/mol. The maximum atomic E-state index is 11.9. The average Bonchev–Trinajstić information content (AvgIpc) is 3.31. The van der Waals surface area contributed by atoms with Crippen LogP contribution < -0.4 is 10.6 Å². The Hall–Kier alpha value is -1.18. The number of piperidine rings is 1. The number of aromatic nitrogens is 1. The van der Waals surface area contributed by atoms with E-state index in [9.17, 15) is 4.79 Å². The van der Waals surface area contributed by atoms with E-state index < -0.39 is 0 Å². The first-order valence-corrected chi connectivity index (χ1v) is 10.4. The Kier molecular flexibility index (Phi) is 7.07. The Morgan fingerprint density at radius 2 is 2.12 bits per heavy atom. The lowest BCUT2D eigenvalue weighted by atomic mass is 9.97. The molecule has 7 heteroatoms. The number of nitrogens with zero attached hydrogens (tertiary/aromatic N) is 2. The van der Waals surface area contributed by atoms with Crippen LogP contribution in [0, 0.1) is 5.92 Å². The Balaban J connectivity index is 1.28. The van der Waals surface area contributed by atoms with Gasteiger partial charge in [-0.05, 0) is 51.1 Å². The van der Waals surface area contributed by atoms with Crippen LogP contribution in [-0.4, -0.2) is 54.8 Å². The van der Waals surface area contributed by atoms with Gasteiger partial charge in [0.05, 0.1) is 16.8 Å². The molecule has 0 bridgehead atoms. The molecular formula is C18H30N4O2S. The Morgan fingerprint density at radius 3 is 2.80 bits per heavy atom. The molecule has 0 saturated carbocycles. The maximum absolute atomic E-state index is 11.9. The number of aryl methyl sites for hydroxylation is 1. The van der Waals surface area contributed by atoms with Gasteiger partial charge >= 0.3 is 6.03 Å². The fraction of sp³-hybridized carbons (Fsp3) is 0.778. The fourth-order valence-corrected chi connectivity index (χ4v) is 4.21. The van der Waals surface area contributed by atoms with Crippen molar-refractivity contribution in [1.29, 1.82) is 0 Å². The lowest BCUT2D eigenvalue weighted by Crippen LogP contribution is -2.43. The minimum atomic E-state index is -0.0625. The zero-order chi connectivity index (χ0) is 17.5. The van der Waals surface area contributed by atoms with E-state index in [1.165, 1.54) is 10.7 Å². The van der Waals surface area contributed by atoms with Crippen molar-refractivity contribution in [1.82, 2.24) is 20.5 Å². The van der Waals surface area contributed by atoms with Gasteiger partial charge in [-0.1, -0.05) is 6.92 Å². The molecule has 1 aromatic heterocycles. The molecule has 1 unspecified atom stereocenters. The Bertz CT molecular complexity index is 537. The zero-order valence-corrected chi connectivity index (χ0v) is 15.9. The number of amides is 2. The quantitative estimate of drug-likeness (QED) is 0.778. The second-order valence-electron chi connectivity index (χ2n) is 7.03. The van der Waals surface area contributed by atoms with Gasteiger partial charge in [0.15, 0.2) is 0 Å². The van der Waals surface area contributed by atoms with Crippen molar-refractivity contribution in [2.45, 2.75) is 51.7 Å². The topological polar surface area (TPSA) is 66.5 Å². The first kappa shape index (κ1) is 18.6. The van der Waals surface area contributed by atoms with Crippen LogP contribution in [0.5, 0.6) is 0 Å². The molecule has 3 rings (SSSR count). The highest BCUT2D eigenvalue weighted by molar-refractivity contribution is 7.09. The highest BCUT2D eigenvalue weighted by Crippen LogP contribution is 2.19. The summed E-state index contributed by atoms with van der Waals surface area (Å²) >= 11 is 1.76. The summed E-state index contributed by atoms with van der Waals surface area (Å²) < 4.78 is 5.51. The molecule has 1 aromatic rings. The number of carbonyl (C=O) groups is 1. The van der Waals surface area contributed by atoms with Gasteiger partial charge in [-0.15, -0.1) is 11.3 Å². The molecular weight excluding hydrogens is 336 g/mol. The highest BCUT2D eigenvalue weighted by Gasteiger charge is 2.21. The number of thiazole rings is 1. The van der Waals surface area contributed by atoms with Crippen molar-refractivity contribution < 1.29 is 9.53 Å². The molecule has 3 heterocycles. The zero-order valence-electron chi connectivity index (χ0n) is 15.1. The third-order valence-corrected chi connectivity index (χ3v) is 6.10. The van der Waals surface area contributed by atoms with Crippen molar-refractivity contribution in [2.24, 2.45) is 5.92 Å². The van der Waals surface area contributed by atoms with Crippen molar-refractivity contribution in [3.8, 4) is 0 Å². The van der Waals surface area contributed by atoms with Gasteiger partial charge in [-0.25, -0.2) is 9.78 Å². The molecule has 0 aromatic carbocycles. The molecule has 140 valence electrons. The van der Waals surface area contributed by atoms with Gasteiger partial charge in [0.1, 0.15) is 0 Å². The van der Waals surface area contributed by atoms with E-state index in [0.29, 0.717) is 12.5 Å². The lowest BCUT2D eigenvalue weighted by molar-refractivity contribution is 0.111. The summed E-state index contributed by atoms with van der Waals surface area (Å²) in [6.07, 6.45) is 5.65. The maximum Gasteiger partial charge on any atom is 0.314 e. The molecule has 2 saturated heterocycles. The number of hydrogen-bond donors (Lipinski definition) is 2. The SMILES string of the molecule is CCc1nc(CN2CCC(CNC(=O)NCC3CCCO3)CC2)cs1. The monoisotopic (exact) mass is 366 g/mol. The van der Waals surface area contributed by atoms with Crippen molar-refractivity contribution in [2.75, 3.05) is 32.8 Å². The summed E-state index contributed by atoms with van der Waals surface area (Å²) in [5, 5.41) is 9.35. The predicted octanol–water partition coefficient (Wildman–Crippen LogP) is 2.40. The molecule has 25 heavy (non-hydrogen) atoms. The Morgan fingerprint density at radius 1 is 1.32 bits per heavy atom. The molecule has 0 spiro atoms. The molecule has 0 aliphatic carbocycles. The number of ether oxygens (including phenoxy) is 1. The van der Waals surface area contributed by atoms with Crippen molar-refractivity contribution in [3.05, 3.63) is 16.1 Å². The highest BCUT2D eigenvalue weighted by atomic mass is 32.1. The second-order valence-corrected chi connectivity index (χ2v) is 7.97. The lowest BCUT2D eigenvalue weighted by Gasteiger charge is -2.31. The summed E-state index contributed by atoms with van der Waals surface area (Å²) in [5.41, 5.74) is 1.20. The van der Waals surface area contributed by atoms with E-state index in [2.05, 4.69) is 32.8 Å². The number of nitrogens with one attached hydrogen (secondary N) is 2. The van der Waals surface area contributed by atoms with Crippen LogP contribution in [0.3, 0.4) is 0 Å². The second kappa shape index (κ2) is 9.50. The van der Waals surface area contributed by atoms with E-state index in [4.69, 9.17) is 4.74 Å². The van der Waals surface area contributed by atoms with Gasteiger partial charge in [-0.3, -0.25) is 4.90 Å². The van der Waals surface area contributed by atoms with Crippen molar-refractivity contribution in [3.63, 3.8) is 0 Å². The molecule has 0 radical (unpaired) electrons. The molecule has 1 atom stereocenters. The van der Waals surface area contributed by atoms with Gasteiger partial charge in [-0.2, -0.15) is 0 Å². The van der Waals surface area contributed by atoms with Crippen molar-refractivity contribution >= 4 is 17.4 Å². The standard InChI is InChI=1S/C18H30N4O2S/c1-2-17-21-15(13-25-17)12-22-7-5-14(6-8-22)10-19-18(23)20-11-16-4-3-9-24-16/h13-14,16H,2-12H2,1H3,(H2,19,20,23). The summed E-state index contributed by atoms with van der Waals surface area (Å²) in [6.45, 7) is 7.50. The van der Waals surface area contributed by atoms with Crippen LogP contribution in [0.1, 0.15) is 43.3 Å². The van der Waals surface area contributed by atoms with Gasteiger partial charge in [0, 0.05) is 31.6 Å². The first-order valence-electron chi connectivity index (χ1n) is 9.52. The predicted molar refractivity (Wildman–Crippen MR) is 99.9 cm³/mol. The molecule has 2 N–H and O–H groups in total. The third-order valence-electron chi connectivity index (χ3n) is 5.06.